The third-order valence-electron chi connectivity index (χ3n) is 3.99. The molecule has 0 saturated carbocycles. The van der Waals surface area contributed by atoms with Crippen LogP contribution in [-0.2, 0) is 17.5 Å². The zero-order chi connectivity index (χ0) is 17.7. The van der Waals surface area contributed by atoms with Crippen LogP contribution in [0.4, 0.5) is 13.2 Å². The Morgan fingerprint density at radius 1 is 1.04 bits per heavy atom. The molecule has 0 N–H and O–H groups in total. The van der Waals surface area contributed by atoms with Crippen molar-refractivity contribution >= 4 is 5.91 Å². The fraction of sp³-hybridized carbons (Fsp3) is 0.316. The molecule has 128 valence electrons. The van der Waals surface area contributed by atoms with Gasteiger partial charge in [0.15, 0.2) is 0 Å². The minimum atomic E-state index is -4.35. The van der Waals surface area contributed by atoms with Crippen molar-refractivity contribution in [2.45, 2.75) is 32.0 Å². The molecule has 24 heavy (non-hydrogen) atoms. The van der Waals surface area contributed by atoms with Gasteiger partial charge in [-0.15, -0.1) is 0 Å². The predicted molar refractivity (Wildman–Crippen MR) is 87.4 cm³/mol. The van der Waals surface area contributed by atoms with Crippen molar-refractivity contribution in [3.05, 3.63) is 71.3 Å². The number of rotatable bonds is 5. The van der Waals surface area contributed by atoms with E-state index in [0.29, 0.717) is 12.0 Å². The maximum absolute atomic E-state index is 12.7. The topological polar surface area (TPSA) is 20.3 Å². The number of hydrogen-bond donors (Lipinski definition) is 0. The molecule has 0 aliphatic heterocycles. The monoisotopic (exact) mass is 335 g/mol. The third-order valence-corrected chi connectivity index (χ3v) is 3.99. The van der Waals surface area contributed by atoms with Crippen LogP contribution in [0.15, 0.2) is 54.6 Å². The molecule has 1 unspecified atom stereocenters. The molecule has 1 amide bonds. The highest BCUT2D eigenvalue weighted by Crippen LogP contribution is 2.29. The highest BCUT2D eigenvalue weighted by Gasteiger charge is 2.30. The zero-order valence-corrected chi connectivity index (χ0v) is 13.7. The number of benzene rings is 2. The second-order valence-electron chi connectivity index (χ2n) is 5.76. The van der Waals surface area contributed by atoms with E-state index in [0.717, 1.165) is 17.7 Å². The first kappa shape index (κ1) is 18.0. The molecule has 0 radical (unpaired) electrons. The van der Waals surface area contributed by atoms with Crippen LogP contribution < -0.4 is 0 Å². The molecule has 2 aromatic rings. The van der Waals surface area contributed by atoms with Crippen LogP contribution in [0.25, 0.3) is 0 Å². The summed E-state index contributed by atoms with van der Waals surface area (Å²) >= 11 is 0. The van der Waals surface area contributed by atoms with E-state index in [2.05, 4.69) is 0 Å². The molecular weight excluding hydrogens is 315 g/mol. The van der Waals surface area contributed by atoms with Gasteiger partial charge in [-0.25, -0.2) is 0 Å². The van der Waals surface area contributed by atoms with E-state index in [1.165, 1.54) is 12.1 Å². The smallest absolute Gasteiger partial charge is 0.341 e. The van der Waals surface area contributed by atoms with Crippen LogP contribution in [-0.4, -0.2) is 17.9 Å². The molecule has 2 rings (SSSR count). The Morgan fingerprint density at radius 3 is 2.12 bits per heavy atom. The number of hydrogen-bond acceptors (Lipinski definition) is 1. The van der Waals surface area contributed by atoms with Crippen LogP contribution in [0.2, 0.25) is 0 Å². The molecule has 5 heteroatoms. The Hall–Kier alpha value is -2.30. The highest BCUT2D eigenvalue weighted by molar-refractivity contribution is 5.83. The van der Waals surface area contributed by atoms with Gasteiger partial charge in [0.25, 0.3) is 0 Å². The lowest BCUT2D eigenvalue weighted by Gasteiger charge is -2.23. The number of nitrogens with zero attached hydrogens (tertiary/aromatic N) is 1. The van der Waals surface area contributed by atoms with Crippen molar-refractivity contribution in [2.24, 2.45) is 0 Å². The number of likely N-dealkylation sites (N-methyl/N-ethyl adjacent to an activating group) is 1. The SMILES string of the molecule is CCC(C(=O)N(C)Cc1ccc(C(F)(F)F)cc1)c1ccccc1. The van der Waals surface area contributed by atoms with Gasteiger partial charge in [-0.1, -0.05) is 49.4 Å². The molecule has 0 aliphatic carbocycles. The van der Waals surface area contributed by atoms with Crippen LogP contribution in [0.5, 0.6) is 0 Å². The Labute approximate surface area is 139 Å². The molecule has 0 fully saturated rings. The zero-order valence-electron chi connectivity index (χ0n) is 13.7. The van der Waals surface area contributed by atoms with Crippen molar-refractivity contribution < 1.29 is 18.0 Å². The standard InChI is InChI=1S/C19H20F3NO/c1-3-17(15-7-5-4-6-8-15)18(24)23(2)13-14-9-11-16(12-10-14)19(20,21)22/h4-12,17H,3,13H2,1-2H3. The summed E-state index contributed by atoms with van der Waals surface area (Å²) in [5.74, 6) is -0.283. The summed E-state index contributed by atoms with van der Waals surface area (Å²) in [6, 6.07) is 14.4. The van der Waals surface area contributed by atoms with Gasteiger partial charge in [-0.3, -0.25) is 4.79 Å². The maximum atomic E-state index is 12.7. The molecule has 1 atom stereocenters. The maximum Gasteiger partial charge on any atom is 0.416 e. The first-order valence-corrected chi connectivity index (χ1v) is 7.79. The van der Waals surface area contributed by atoms with Gasteiger partial charge in [-0.2, -0.15) is 13.2 Å². The number of alkyl halides is 3. The normalized spacial score (nSPS) is 12.7. The summed E-state index contributed by atoms with van der Waals surface area (Å²) in [6.45, 7) is 2.22. The Morgan fingerprint density at radius 2 is 1.62 bits per heavy atom. The van der Waals surface area contributed by atoms with Crippen LogP contribution in [0.1, 0.15) is 36.0 Å². The second kappa shape index (κ2) is 7.51. The summed E-state index contributed by atoms with van der Waals surface area (Å²) in [4.78, 5) is 14.2. The first-order valence-electron chi connectivity index (χ1n) is 7.79. The van der Waals surface area contributed by atoms with Gasteiger partial charge < -0.3 is 4.90 Å². The second-order valence-corrected chi connectivity index (χ2v) is 5.76. The van der Waals surface area contributed by atoms with Crippen LogP contribution in [0.3, 0.4) is 0 Å². The third kappa shape index (κ3) is 4.37. The molecule has 2 aromatic carbocycles. The van der Waals surface area contributed by atoms with E-state index in [-0.39, 0.29) is 18.4 Å². The van der Waals surface area contributed by atoms with Gasteiger partial charge in [0.1, 0.15) is 0 Å². The fourth-order valence-electron chi connectivity index (χ4n) is 2.66. The van der Waals surface area contributed by atoms with E-state index in [4.69, 9.17) is 0 Å². The van der Waals surface area contributed by atoms with Gasteiger partial charge in [0, 0.05) is 13.6 Å². The molecule has 2 nitrogen and oxygen atoms in total. The van der Waals surface area contributed by atoms with Crippen molar-refractivity contribution in [1.82, 2.24) is 4.90 Å². The molecule has 0 spiro atoms. The molecule has 0 aliphatic rings. The van der Waals surface area contributed by atoms with Gasteiger partial charge in [-0.05, 0) is 29.7 Å². The molecule has 0 heterocycles. The van der Waals surface area contributed by atoms with Crippen LogP contribution >= 0.6 is 0 Å². The largest absolute Gasteiger partial charge is 0.416 e. The van der Waals surface area contributed by atoms with Crippen molar-refractivity contribution in [3.63, 3.8) is 0 Å². The minimum Gasteiger partial charge on any atom is -0.341 e. The summed E-state index contributed by atoms with van der Waals surface area (Å²) < 4.78 is 37.8. The minimum absolute atomic E-state index is 0.0383. The van der Waals surface area contributed by atoms with Crippen molar-refractivity contribution in [3.8, 4) is 0 Å². The number of carbonyl (C=O) groups excluding carboxylic acids is 1. The summed E-state index contributed by atoms with van der Waals surface area (Å²) in [7, 11) is 1.67. The van der Waals surface area contributed by atoms with Crippen molar-refractivity contribution in [1.29, 1.82) is 0 Å². The Kier molecular flexibility index (Phi) is 5.65. The van der Waals surface area contributed by atoms with E-state index in [1.54, 1.807) is 11.9 Å². The highest BCUT2D eigenvalue weighted by atomic mass is 19.4. The van der Waals surface area contributed by atoms with E-state index >= 15 is 0 Å². The van der Waals surface area contributed by atoms with E-state index in [9.17, 15) is 18.0 Å². The molecule has 0 saturated heterocycles. The first-order chi connectivity index (χ1) is 11.3. The predicted octanol–water partition coefficient (Wildman–Crippen LogP) is 4.86. The summed E-state index contributed by atoms with van der Waals surface area (Å²) in [6.07, 6.45) is -3.68. The Balaban J connectivity index is 2.08. The Bertz CT molecular complexity index is 665. The van der Waals surface area contributed by atoms with Gasteiger partial charge in [0.2, 0.25) is 5.91 Å². The van der Waals surface area contributed by atoms with E-state index < -0.39 is 11.7 Å². The van der Waals surface area contributed by atoms with Crippen molar-refractivity contribution in [2.75, 3.05) is 7.05 Å². The summed E-state index contributed by atoms with van der Waals surface area (Å²) in [5, 5.41) is 0. The fourth-order valence-corrected chi connectivity index (χ4v) is 2.66. The number of amides is 1. The van der Waals surface area contributed by atoms with Crippen LogP contribution in [0, 0.1) is 0 Å². The summed E-state index contributed by atoms with van der Waals surface area (Å²) in [5.41, 5.74) is 0.932. The number of carbonyl (C=O) groups is 1. The average molecular weight is 335 g/mol. The lowest BCUT2D eigenvalue weighted by molar-refractivity contribution is -0.137. The van der Waals surface area contributed by atoms with Gasteiger partial charge in [0.05, 0.1) is 11.5 Å². The average Bonchev–Trinajstić information content (AvgIpc) is 2.56. The van der Waals surface area contributed by atoms with E-state index in [1.807, 2.05) is 37.3 Å². The number of halogens is 3. The lowest BCUT2D eigenvalue weighted by atomic mass is 9.95. The molecule has 0 aromatic heterocycles. The van der Waals surface area contributed by atoms with Gasteiger partial charge >= 0.3 is 6.18 Å². The lowest BCUT2D eigenvalue weighted by Crippen LogP contribution is -2.31. The quantitative estimate of drug-likeness (QED) is 0.764. The molecular formula is C19H20F3NO. The molecule has 0 bridgehead atoms.